The van der Waals surface area contributed by atoms with E-state index in [2.05, 4.69) is 0 Å². The van der Waals surface area contributed by atoms with Crippen molar-refractivity contribution >= 4 is 5.69 Å². The summed E-state index contributed by atoms with van der Waals surface area (Å²) in [6, 6.07) is 5.42. The number of nitro groups is 1. The molecule has 0 radical (unpaired) electrons. The molecule has 19 heavy (non-hydrogen) atoms. The highest BCUT2D eigenvalue weighted by Crippen LogP contribution is 2.31. The summed E-state index contributed by atoms with van der Waals surface area (Å²) >= 11 is 0. The van der Waals surface area contributed by atoms with Gasteiger partial charge in [0.2, 0.25) is 0 Å². The van der Waals surface area contributed by atoms with Crippen LogP contribution < -0.4 is 0 Å². The normalized spacial score (nSPS) is 14.2. The molecule has 1 aromatic rings. The van der Waals surface area contributed by atoms with Gasteiger partial charge in [-0.15, -0.1) is 0 Å². The van der Waals surface area contributed by atoms with Crippen LogP contribution >= 0.6 is 0 Å². The second-order valence-electron chi connectivity index (χ2n) is 5.39. The Morgan fingerprint density at radius 2 is 1.68 bits per heavy atom. The molecule has 0 fully saturated rings. The van der Waals surface area contributed by atoms with E-state index in [0.717, 1.165) is 0 Å². The van der Waals surface area contributed by atoms with Gasteiger partial charge in [-0.05, 0) is 39.8 Å². The lowest BCUT2D eigenvalue weighted by Crippen LogP contribution is -2.47. The predicted octanol–water partition coefficient (Wildman–Crippen LogP) is 2.15. The van der Waals surface area contributed by atoms with Gasteiger partial charge in [0, 0.05) is 17.7 Å². The van der Waals surface area contributed by atoms with Crippen molar-refractivity contribution in [1.82, 2.24) is 0 Å². The third-order valence-corrected chi connectivity index (χ3v) is 3.27. The van der Waals surface area contributed by atoms with Crippen molar-refractivity contribution in [2.45, 2.75) is 45.2 Å². The van der Waals surface area contributed by atoms with Crippen molar-refractivity contribution in [2.75, 3.05) is 0 Å². The molecule has 1 rings (SSSR count). The molecule has 0 bridgehead atoms. The molecule has 1 aromatic carbocycles. The highest BCUT2D eigenvalue weighted by atomic mass is 16.6. The summed E-state index contributed by atoms with van der Waals surface area (Å²) in [5.41, 5.74) is -1.79. The Hall–Kier alpha value is -1.50. The zero-order chi connectivity index (χ0) is 14.8. The number of aliphatic hydroxyl groups is 2. The average Bonchev–Trinajstić information content (AvgIpc) is 2.27. The largest absolute Gasteiger partial charge is 0.387 e. The lowest BCUT2D eigenvalue weighted by atomic mass is 9.89. The van der Waals surface area contributed by atoms with Crippen molar-refractivity contribution in [2.24, 2.45) is 0 Å². The van der Waals surface area contributed by atoms with Crippen LogP contribution in [0, 0.1) is 10.1 Å². The van der Waals surface area contributed by atoms with Crippen LogP contribution in [0.15, 0.2) is 24.3 Å². The standard InChI is InChI=1S/C13H19NO5/c1-12(2,16)13(3,4)19-11(15)9-5-7-10(8-6-9)14(17)18/h5-8,11,15-16H,1-4H3. The van der Waals surface area contributed by atoms with Crippen molar-refractivity contribution in [3.8, 4) is 0 Å². The van der Waals surface area contributed by atoms with E-state index in [4.69, 9.17) is 4.74 Å². The summed E-state index contributed by atoms with van der Waals surface area (Å²) in [6.45, 7) is 6.47. The highest BCUT2D eigenvalue weighted by molar-refractivity contribution is 5.33. The van der Waals surface area contributed by atoms with E-state index in [1.807, 2.05) is 0 Å². The Balaban J connectivity index is 2.84. The SMILES string of the molecule is CC(C)(O)C(C)(C)OC(O)c1ccc([N+](=O)[O-])cc1. The van der Waals surface area contributed by atoms with Crippen molar-refractivity contribution in [3.05, 3.63) is 39.9 Å². The maximum absolute atomic E-state index is 10.5. The minimum atomic E-state index is -1.26. The lowest BCUT2D eigenvalue weighted by Gasteiger charge is -2.38. The quantitative estimate of drug-likeness (QED) is 0.485. The van der Waals surface area contributed by atoms with E-state index in [1.165, 1.54) is 24.3 Å². The highest BCUT2D eigenvalue weighted by Gasteiger charge is 2.38. The summed E-state index contributed by atoms with van der Waals surface area (Å²) in [6.07, 6.45) is -1.26. The van der Waals surface area contributed by atoms with Gasteiger partial charge in [0.15, 0.2) is 6.29 Å². The maximum Gasteiger partial charge on any atom is 0.269 e. The summed E-state index contributed by atoms with van der Waals surface area (Å²) in [5, 5.41) is 30.4. The fourth-order valence-corrected chi connectivity index (χ4v) is 1.25. The van der Waals surface area contributed by atoms with Crippen molar-refractivity contribution in [1.29, 1.82) is 0 Å². The molecule has 106 valence electrons. The molecule has 0 aliphatic heterocycles. The van der Waals surface area contributed by atoms with Gasteiger partial charge in [-0.1, -0.05) is 0 Å². The van der Waals surface area contributed by atoms with Crippen LogP contribution in [0.3, 0.4) is 0 Å². The second-order valence-corrected chi connectivity index (χ2v) is 5.39. The molecule has 2 N–H and O–H groups in total. The van der Waals surface area contributed by atoms with E-state index in [9.17, 15) is 20.3 Å². The Labute approximate surface area is 111 Å². The number of hydrogen-bond acceptors (Lipinski definition) is 5. The van der Waals surface area contributed by atoms with Crippen LogP contribution in [-0.2, 0) is 4.74 Å². The van der Waals surface area contributed by atoms with Crippen LogP contribution in [0.1, 0.15) is 39.5 Å². The topological polar surface area (TPSA) is 92.8 Å². The minimum Gasteiger partial charge on any atom is -0.387 e. The number of rotatable bonds is 5. The fraction of sp³-hybridized carbons (Fsp3) is 0.538. The minimum absolute atomic E-state index is 0.0577. The number of nitrogens with zero attached hydrogens (tertiary/aromatic N) is 1. The first kappa shape index (κ1) is 15.6. The molecule has 0 aliphatic carbocycles. The fourth-order valence-electron chi connectivity index (χ4n) is 1.25. The molecule has 0 aromatic heterocycles. The number of hydrogen-bond donors (Lipinski definition) is 2. The molecule has 0 heterocycles. The summed E-state index contributed by atoms with van der Waals surface area (Å²) in [7, 11) is 0. The molecule has 0 amide bonds. The zero-order valence-electron chi connectivity index (χ0n) is 11.5. The van der Waals surface area contributed by atoms with Crippen LogP contribution in [0.4, 0.5) is 5.69 Å². The van der Waals surface area contributed by atoms with E-state index >= 15 is 0 Å². The Bertz CT molecular complexity index is 447. The van der Waals surface area contributed by atoms with Crippen molar-refractivity contribution in [3.63, 3.8) is 0 Å². The molecular weight excluding hydrogens is 250 g/mol. The van der Waals surface area contributed by atoms with E-state index < -0.39 is 22.4 Å². The van der Waals surface area contributed by atoms with Gasteiger partial charge in [0.05, 0.1) is 16.1 Å². The third-order valence-electron chi connectivity index (χ3n) is 3.27. The average molecular weight is 269 g/mol. The first-order valence-corrected chi connectivity index (χ1v) is 5.87. The van der Waals surface area contributed by atoms with E-state index in [-0.39, 0.29) is 5.69 Å². The van der Waals surface area contributed by atoms with Gasteiger partial charge in [0.25, 0.3) is 5.69 Å². The summed E-state index contributed by atoms with van der Waals surface area (Å²) in [5.74, 6) is 0. The molecule has 1 atom stereocenters. The van der Waals surface area contributed by atoms with Gasteiger partial charge in [0.1, 0.15) is 0 Å². The zero-order valence-corrected chi connectivity index (χ0v) is 11.5. The number of benzene rings is 1. The van der Waals surface area contributed by atoms with Gasteiger partial charge in [-0.25, -0.2) is 0 Å². The molecule has 0 saturated heterocycles. The molecule has 1 unspecified atom stereocenters. The van der Waals surface area contributed by atoms with Gasteiger partial charge in [-0.3, -0.25) is 10.1 Å². The number of non-ortho nitro benzene ring substituents is 1. The van der Waals surface area contributed by atoms with Crippen LogP contribution in [0.2, 0.25) is 0 Å². The summed E-state index contributed by atoms with van der Waals surface area (Å²) in [4.78, 5) is 10.0. The molecule has 0 saturated carbocycles. The summed E-state index contributed by atoms with van der Waals surface area (Å²) < 4.78 is 5.42. The molecule has 6 heteroatoms. The first-order chi connectivity index (χ1) is 8.54. The number of nitro benzene ring substituents is 1. The first-order valence-electron chi connectivity index (χ1n) is 5.87. The Kier molecular flexibility index (Phi) is 4.29. The van der Waals surface area contributed by atoms with Gasteiger partial charge in [-0.2, -0.15) is 0 Å². The molecular formula is C13H19NO5. The monoisotopic (exact) mass is 269 g/mol. The van der Waals surface area contributed by atoms with E-state index in [0.29, 0.717) is 5.56 Å². The van der Waals surface area contributed by atoms with Crippen LogP contribution in [-0.4, -0.2) is 26.3 Å². The van der Waals surface area contributed by atoms with Gasteiger partial charge < -0.3 is 14.9 Å². The molecule has 6 nitrogen and oxygen atoms in total. The number of ether oxygens (including phenoxy) is 1. The van der Waals surface area contributed by atoms with Gasteiger partial charge >= 0.3 is 0 Å². The second kappa shape index (κ2) is 5.24. The Morgan fingerprint density at radius 3 is 2.05 bits per heavy atom. The lowest BCUT2D eigenvalue weighted by molar-refractivity contribution is -0.384. The van der Waals surface area contributed by atoms with E-state index in [1.54, 1.807) is 27.7 Å². The Morgan fingerprint density at radius 1 is 1.21 bits per heavy atom. The predicted molar refractivity (Wildman–Crippen MR) is 69.5 cm³/mol. The van der Waals surface area contributed by atoms with Crippen LogP contribution in [0.25, 0.3) is 0 Å². The molecule has 0 spiro atoms. The molecule has 0 aliphatic rings. The smallest absolute Gasteiger partial charge is 0.269 e. The third kappa shape index (κ3) is 3.73. The van der Waals surface area contributed by atoms with Crippen LogP contribution in [0.5, 0.6) is 0 Å². The number of aliphatic hydroxyl groups excluding tert-OH is 1. The van der Waals surface area contributed by atoms with Crippen molar-refractivity contribution < 1.29 is 19.9 Å². The maximum atomic E-state index is 10.5.